The number of aromatic hydroxyl groups is 1. The van der Waals surface area contributed by atoms with Crippen LogP contribution in [0.3, 0.4) is 0 Å². The standard InChI is InChI=1S/C24H20N2O3/c1-17-5-7-18(8-6-17)16-29-23-4-2-3-19(14-23)13-20(15-25)24(28)26-21-9-11-22(27)12-10-21/h2-14,27H,16H2,1H3,(H,26,28)/b20-13-. The maximum atomic E-state index is 12.4. The molecule has 0 bridgehead atoms. The smallest absolute Gasteiger partial charge is 0.266 e. The summed E-state index contributed by atoms with van der Waals surface area (Å²) >= 11 is 0. The third-order valence-electron chi connectivity index (χ3n) is 4.19. The first-order valence-corrected chi connectivity index (χ1v) is 9.04. The summed E-state index contributed by atoms with van der Waals surface area (Å²) < 4.78 is 5.82. The zero-order valence-corrected chi connectivity index (χ0v) is 15.9. The van der Waals surface area contributed by atoms with Crippen molar-refractivity contribution in [2.75, 3.05) is 5.32 Å². The largest absolute Gasteiger partial charge is 0.508 e. The molecule has 0 unspecified atom stereocenters. The summed E-state index contributed by atoms with van der Waals surface area (Å²) in [4.78, 5) is 12.4. The molecule has 0 saturated carbocycles. The Bertz CT molecular complexity index is 1060. The molecule has 0 aliphatic carbocycles. The minimum Gasteiger partial charge on any atom is -0.508 e. The molecule has 0 atom stereocenters. The van der Waals surface area contributed by atoms with Crippen molar-refractivity contribution < 1.29 is 14.6 Å². The fourth-order valence-corrected chi connectivity index (χ4v) is 2.60. The molecule has 3 rings (SSSR count). The van der Waals surface area contributed by atoms with Crippen molar-refractivity contribution in [3.8, 4) is 17.6 Å². The van der Waals surface area contributed by atoms with Crippen molar-refractivity contribution in [1.29, 1.82) is 5.26 Å². The van der Waals surface area contributed by atoms with Gasteiger partial charge in [0.25, 0.3) is 5.91 Å². The number of anilines is 1. The topological polar surface area (TPSA) is 82.3 Å². The van der Waals surface area contributed by atoms with Gasteiger partial charge in [-0.15, -0.1) is 0 Å². The van der Waals surface area contributed by atoms with E-state index in [1.807, 2.05) is 49.4 Å². The number of carbonyl (C=O) groups is 1. The molecule has 29 heavy (non-hydrogen) atoms. The van der Waals surface area contributed by atoms with Gasteiger partial charge in [-0.1, -0.05) is 42.0 Å². The van der Waals surface area contributed by atoms with Crippen LogP contribution in [0, 0.1) is 18.3 Å². The van der Waals surface area contributed by atoms with Crippen LogP contribution >= 0.6 is 0 Å². The first-order valence-electron chi connectivity index (χ1n) is 9.04. The Balaban J connectivity index is 1.69. The molecule has 0 radical (unpaired) electrons. The highest BCUT2D eigenvalue weighted by molar-refractivity contribution is 6.09. The van der Waals surface area contributed by atoms with Crippen molar-refractivity contribution in [2.24, 2.45) is 0 Å². The van der Waals surface area contributed by atoms with Crippen LogP contribution < -0.4 is 10.1 Å². The molecule has 0 aromatic heterocycles. The lowest BCUT2D eigenvalue weighted by atomic mass is 10.1. The summed E-state index contributed by atoms with van der Waals surface area (Å²) in [5.41, 5.74) is 3.39. The number of hydrogen-bond donors (Lipinski definition) is 2. The van der Waals surface area contributed by atoms with Crippen LogP contribution in [0.4, 0.5) is 5.69 Å². The molecule has 3 aromatic carbocycles. The maximum absolute atomic E-state index is 12.4. The molecule has 0 saturated heterocycles. The number of nitrogens with zero attached hydrogens (tertiary/aromatic N) is 1. The minimum atomic E-state index is -0.524. The molecule has 0 aliphatic heterocycles. The second-order valence-electron chi connectivity index (χ2n) is 6.52. The highest BCUT2D eigenvalue weighted by atomic mass is 16.5. The van der Waals surface area contributed by atoms with Gasteiger partial charge >= 0.3 is 0 Å². The van der Waals surface area contributed by atoms with Crippen LogP contribution in [0.15, 0.2) is 78.4 Å². The Morgan fingerprint density at radius 2 is 1.83 bits per heavy atom. The average Bonchev–Trinajstić information content (AvgIpc) is 2.73. The number of aryl methyl sites for hydroxylation is 1. The van der Waals surface area contributed by atoms with Crippen molar-refractivity contribution >= 4 is 17.7 Å². The van der Waals surface area contributed by atoms with E-state index in [0.717, 1.165) is 5.56 Å². The number of rotatable bonds is 6. The molecular weight excluding hydrogens is 364 g/mol. The van der Waals surface area contributed by atoms with Crippen molar-refractivity contribution in [3.63, 3.8) is 0 Å². The van der Waals surface area contributed by atoms with Gasteiger partial charge in [0.05, 0.1) is 0 Å². The van der Waals surface area contributed by atoms with Gasteiger partial charge in [-0.25, -0.2) is 0 Å². The van der Waals surface area contributed by atoms with E-state index >= 15 is 0 Å². The average molecular weight is 384 g/mol. The Morgan fingerprint density at radius 1 is 1.10 bits per heavy atom. The predicted molar refractivity (Wildman–Crippen MR) is 112 cm³/mol. The highest BCUT2D eigenvalue weighted by Gasteiger charge is 2.10. The van der Waals surface area contributed by atoms with Gasteiger partial charge in [0.15, 0.2) is 0 Å². The fourth-order valence-electron chi connectivity index (χ4n) is 2.60. The lowest BCUT2D eigenvalue weighted by molar-refractivity contribution is -0.112. The Labute approximate surface area is 169 Å². The van der Waals surface area contributed by atoms with E-state index < -0.39 is 5.91 Å². The van der Waals surface area contributed by atoms with E-state index in [2.05, 4.69) is 5.32 Å². The van der Waals surface area contributed by atoms with Crippen LogP contribution in [-0.4, -0.2) is 11.0 Å². The number of phenolic OH excluding ortho intramolecular Hbond substituents is 1. The number of nitriles is 1. The Kier molecular flexibility index (Phi) is 6.29. The molecule has 0 heterocycles. The quantitative estimate of drug-likeness (QED) is 0.362. The summed E-state index contributed by atoms with van der Waals surface area (Å²) in [5, 5.41) is 21.3. The molecule has 5 heteroatoms. The summed E-state index contributed by atoms with van der Waals surface area (Å²) in [6, 6.07) is 23.3. The second-order valence-corrected chi connectivity index (χ2v) is 6.52. The monoisotopic (exact) mass is 384 g/mol. The van der Waals surface area contributed by atoms with Crippen LogP contribution in [0.25, 0.3) is 6.08 Å². The Hall–Kier alpha value is -4.04. The molecule has 2 N–H and O–H groups in total. The van der Waals surface area contributed by atoms with Crippen molar-refractivity contribution in [3.05, 3.63) is 95.1 Å². The Morgan fingerprint density at radius 3 is 2.52 bits per heavy atom. The zero-order chi connectivity index (χ0) is 20.6. The number of ether oxygens (including phenoxy) is 1. The van der Waals surface area contributed by atoms with Gasteiger partial charge < -0.3 is 15.2 Å². The first kappa shape index (κ1) is 19.7. The van der Waals surface area contributed by atoms with Gasteiger partial charge in [0.1, 0.15) is 29.7 Å². The predicted octanol–water partition coefficient (Wildman–Crippen LogP) is 4.83. The molecule has 144 valence electrons. The molecule has 0 spiro atoms. The summed E-state index contributed by atoms with van der Waals surface area (Å²) in [6.07, 6.45) is 1.51. The number of amides is 1. The number of nitrogens with one attached hydrogen (secondary N) is 1. The number of hydrogen-bond acceptors (Lipinski definition) is 4. The number of benzene rings is 3. The lowest BCUT2D eigenvalue weighted by Crippen LogP contribution is -2.13. The molecule has 1 amide bonds. The molecule has 3 aromatic rings. The zero-order valence-electron chi connectivity index (χ0n) is 15.9. The van der Waals surface area contributed by atoms with E-state index in [9.17, 15) is 15.2 Å². The van der Waals surface area contributed by atoms with Gasteiger partial charge in [-0.05, 0) is 60.5 Å². The summed E-state index contributed by atoms with van der Waals surface area (Å²) in [5.74, 6) is 0.223. The van der Waals surface area contributed by atoms with E-state index in [1.54, 1.807) is 24.3 Å². The minimum absolute atomic E-state index is 0.0336. The van der Waals surface area contributed by atoms with Crippen LogP contribution in [-0.2, 0) is 11.4 Å². The normalized spacial score (nSPS) is 10.8. The van der Waals surface area contributed by atoms with Crippen molar-refractivity contribution in [2.45, 2.75) is 13.5 Å². The summed E-state index contributed by atoms with van der Waals surface area (Å²) in [6.45, 7) is 2.46. The van der Waals surface area contributed by atoms with E-state index in [4.69, 9.17) is 4.74 Å². The summed E-state index contributed by atoms with van der Waals surface area (Å²) in [7, 11) is 0. The third-order valence-corrected chi connectivity index (χ3v) is 4.19. The van der Waals surface area contributed by atoms with Crippen LogP contribution in [0.2, 0.25) is 0 Å². The van der Waals surface area contributed by atoms with Gasteiger partial charge in [0.2, 0.25) is 0 Å². The molecule has 5 nitrogen and oxygen atoms in total. The molecule has 0 fully saturated rings. The molecular formula is C24H20N2O3. The lowest BCUT2D eigenvalue weighted by Gasteiger charge is -2.08. The molecule has 0 aliphatic rings. The number of phenols is 1. The van der Waals surface area contributed by atoms with Crippen LogP contribution in [0.5, 0.6) is 11.5 Å². The second kappa shape index (κ2) is 9.25. The SMILES string of the molecule is Cc1ccc(COc2cccc(/C=C(/C#N)C(=O)Nc3ccc(O)cc3)c2)cc1. The van der Waals surface area contributed by atoms with Gasteiger partial charge in [-0.3, -0.25) is 4.79 Å². The van der Waals surface area contributed by atoms with Crippen LogP contribution in [0.1, 0.15) is 16.7 Å². The van der Waals surface area contributed by atoms with E-state index in [1.165, 1.54) is 23.8 Å². The van der Waals surface area contributed by atoms with Gasteiger partial charge in [0, 0.05) is 5.69 Å². The first-order chi connectivity index (χ1) is 14.0. The van der Waals surface area contributed by atoms with Crippen molar-refractivity contribution in [1.82, 2.24) is 0 Å². The highest BCUT2D eigenvalue weighted by Crippen LogP contribution is 2.19. The third kappa shape index (κ3) is 5.72. The maximum Gasteiger partial charge on any atom is 0.266 e. The van der Waals surface area contributed by atoms with E-state index in [-0.39, 0.29) is 11.3 Å². The van der Waals surface area contributed by atoms with E-state index in [0.29, 0.717) is 23.6 Å². The fraction of sp³-hybridized carbons (Fsp3) is 0.0833. The van der Waals surface area contributed by atoms with Gasteiger partial charge in [-0.2, -0.15) is 5.26 Å². The number of carbonyl (C=O) groups excluding carboxylic acids is 1.